The van der Waals surface area contributed by atoms with Crippen molar-refractivity contribution in [2.45, 2.75) is 62.4 Å². The average molecular weight is 593 g/mol. The predicted molar refractivity (Wildman–Crippen MR) is 153 cm³/mol. The lowest BCUT2D eigenvalue weighted by atomic mass is 9.89. The lowest BCUT2D eigenvalue weighted by molar-refractivity contribution is -0.769. The van der Waals surface area contributed by atoms with Crippen LogP contribution < -0.4 is 0 Å². The van der Waals surface area contributed by atoms with Crippen LogP contribution in [0.1, 0.15) is 42.9 Å². The SMILES string of the molecule is COC(=O)/C(=C\C[C@H](O)CCc1c(C2CC2)nc2ccccc2c1-c1ccc(F)cc1)[C@H]1CO[C@H]2[C@@H]1OC[C@@H]2O[N+](=O)[O-]. The van der Waals surface area contributed by atoms with Crippen molar-refractivity contribution in [2.75, 3.05) is 20.3 Å². The Morgan fingerprint density at radius 2 is 1.91 bits per heavy atom. The number of halogens is 1. The van der Waals surface area contributed by atoms with Gasteiger partial charge in [0.05, 0.1) is 38.0 Å². The number of aromatic nitrogens is 1. The second kappa shape index (κ2) is 12.4. The number of pyridine rings is 1. The number of rotatable bonds is 11. The molecule has 1 aromatic heterocycles. The quantitative estimate of drug-likeness (QED) is 0.146. The number of esters is 1. The third kappa shape index (κ3) is 6.11. The van der Waals surface area contributed by atoms with Gasteiger partial charge < -0.3 is 24.2 Å². The van der Waals surface area contributed by atoms with Crippen LogP contribution in [0, 0.1) is 21.8 Å². The minimum Gasteiger partial charge on any atom is -0.466 e. The van der Waals surface area contributed by atoms with Crippen molar-refractivity contribution in [2.24, 2.45) is 5.92 Å². The summed E-state index contributed by atoms with van der Waals surface area (Å²) < 4.78 is 30.3. The second-order valence-corrected chi connectivity index (χ2v) is 11.3. The van der Waals surface area contributed by atoms with Crippen molar-refractivity contribution in [1.82, 2.24) is 4.98 Å². The van der Waals surface area contributed by atoms with Crippen LogP contribution in [0.2, 0.25) is 0 Å². The van der Waals surface area contributed by atoms with Crippen molar-refractivity contribution in [3.63, 3.8) is 0 Å². The molecule has 1 aliphatic carbocycles. The van der Waals surface area contributed by atoms with E-state index in [9.17, 15) is 24.4 Å². The highest BCUT2D eigenvalue weighted by Gasteiger charge is 2.51. The summed E-state index contributed by atoms with van der Waals surface area (Å²) in [4.78, 5) is 33.3. The zero-order chi connectivity index (χ0) is 30.1. The normalized spacial score (nSPS) is 24.1. The first-order valence-corrected chi connectivity index (χ1v) is 14.5. The maximum absolute atomic E-state index is 13.8. The molecule has 1 N–H and O–H groups in total. The van der Waals surface area contributed by atoms with Gasteiger partial charge in [-0.05, 0) is 67.0 Å². The lowest BCUT2D eigenvalue weighted by Crippen LogP contribution is -2.34. The Hall–Kier alpha value is -3.93. The number of aliphatic hydroxyl groups is 1. The molecule has 2 saturated heterocycles. The van der Waals surface area contributed by atoms with E-state index in [1.54, 1.807) is 18.2 Å². The third-order valence-corrected chi connectivity index (χ3v) is 8.51. The minimum absolute atomic E-state index is 0.0244. The largest absolute Gasteiger partial charge is 0.466 e. The summed E-state index contributed by atoms with van der Waals surface area (Å²) in [5.41, 5.74) is 5.15. The first-order valence-electron chi connectivity index (χ1n) is 14.5. The Labute approximate surface area is 247 Å². The summed E-state index contributed by atoms with van der Waals surface area (Å²) in [5.74, 6) is -1.04. The smallest absolute Gasteiger partial charge is 0.333 e. The molecule has 43 heavy (non-hydrogen) atoms. The zero-order valence-electron chi connectivity index (χ0n) is 23.7. The number of fused-ring (bicyclic) bond motifs is 2. The summed E-state index contributed by atoms with van der Waals surface area (Å²) in [6.07, 6.45) is 1.94. The zero-order valence-corrected chi connectivity index (χ0v) is 23.7. The monoisotopic (exact) mass is 592 g/mol. The molecule has 0 radical (unpaired) electrons. The van der Waals surface area contributed by atoms with Gasteiger partial charge in [-0.1, -0.05) is 36.4 Å². The van der Waals surface area contributed by atoms with E-state index in [1.807, 2.05) is 24.3 Å². The minimum atomic E-state index is -0.874. The number of carbonyl (C=O) groups excluding carboxylic acids is 1. The molecule has 226 valence electrons. The van der Waals surface area contributed by atoms with Gasteiger partial charge in [0.15, 0.2) is 6.10 Å². The van der Waals surface area contributed by atoms with Crippen LogP contribution in [0.5, 0.6) is 0 Å². The Kier molecular flexibility index (Phi) is 8.38. The predicted octanol–water partition coefficient (Wildman–Crippen LogP) is 4.69. The highest BCUT2D eigenvalue weighted by Crippen LogP contribution is 2.45. The molecule has 2 aliphatic heterocycles. The van der Waals surface area contributed by atoms with Gasteiger partial charge in [-0.15, -0.1) is 10.1 Å². The molecule has 0 unspecified atom stereocenters. The van der Waals surface area contributed by atoms with E-state index in [0.29, 0.717) is 24.3 Å². The second-order valence-electron chi connectivity index (χ2n) is 11.3. The summed E-state index contributed by atoms with van der Waals surface area (Å²) >= 11 is 0. The molecular weight excluding hydrogens is 559 g/mol. The molecular formula is C32H33FN2O8. The summed E-state index contributed by atoms with van der Waals surface area (Å²) in [5, 5.41) is 22.1. The van der Waals surface area contributed by atoms with E-state index in [1.165, 1.54) is 19.2 Å². The van der Waals surface area contributed by atoms with E-state index in [0.717, 1.165) is 46.1 Å². The fourth-order valence-corrected chi connectivity index (χ4v) is 6.29. The molecule has 11 heteroatoms. The number of benzene rings is 2. The van der Waals surface area contributed by atoms with Crippen LogP contribution in [0.25, 0.3) is 22.0 Å². The molecule has 3 heterocycles. The number of aliphatic hydroxyl groups excluding tert-OH is 1. The topological polar surface area (TPSA) is 130 Å². The number of ether oxygens (including phenoxy) is 3. The molecule has 1 saturated carbocycles. The molecule has 3 aliphatic rings. The van der Waals surface area contributed by atoms with Gasteiger partial charge in [0.2, 0.25) is 0 Å². The molecule has 0 amide bonds. The van der Waals surface area contributed by atoms with Crippen molar-refractivity contribution in [3.8, 4) is 11.1 Å². The van der Waals surface area contributed by atoms with Crippen LogP contribution in [-0.2, 0) is 30.3 Å². The van der Waals surface area contributed by atoms with Gasteiger partial charge in [-0.3, -0.25) is 4.98 Å². The molecule has 5 atom stereocenters. The van der Waals surface area contributed by atoms with Crippen molar-refractivity contribution < 1.29 is 38.4 Å². The number of hydrogen-bond donors (Lipinski definition) is 1. The van der Waals surface area contributed by atoms with Gasteiger partial charge in [0.25, 0.3) is 5.09 Å². The van der Waals surface area contributed by atoms with Crippen molar-refractivity contribution in [1.29, 1.82) is 0 Å². The Balaban J connectivity index is 1.23. The molecule has 0 spiro atoms. The highest BCUT2D eigenvalue weighted by molar-refractivity contribution is 5.96. The standard InChI is InChI=1S/C32H33FN2O8/c1-40-32(37)22(25-16-41-31-27(43-35(38)39)17-42-30(25)31)14-12-21(36)13-15-24-28(18-8-10-20(33)11-9-18)23-4-2-3-5-26(23)34-29(24)19-6-7-19/h2-5,8-11,14,19,21,25,27,30-31,36H,6-7,12-13,15-17H2,1H3/b22-14-/t21-,25+,27-,30+,31+/m0/s1. The molecule has 6 rings (SSSR count). The first-order chi connectivity index (χ1) is 20.8. The van der Waals surface area contributed by atoms with Gasteiger partial charge in [0, 0.05) is 28.5 Å². The molecule has 2 aromatic carbocycles. The third-order valence-electron chi connectivity index (χ3n) is 8.51. The number of para-hydroxylation sites is 1. The van der Waals surface area contributed by atoms with Crippen LogP contribution in [0.15, 0.2) is 60.2 Å². The van der Waals surface area contributed by atoms with Gasteiger partial charge in [-0.25, -0.2) is 9.18 Å². The Morgan fingerprint density at radius 1 is 1.16 bits per heavy atom. The van der Waals surface area contributed by atoms with Gasteiger partial charge in [-0.2, -0.15) is 0 Å². The van der Waals surface area contributed by atoms with Crippen molar-refractivity contribution in [3.05, 3.63) is 87.4 Å². The maximum Gasteiger partial charge on any atom is 0.333 e. The first kappa shape index (κ1) is 29.2. The van der Waals surface area contributed by atoms with E-state index >= 15 is 0 Å². The number of methoxy groups -OCH3 is 1. The van der Waals surface area contributed by atoms with Crippen LogP contribution >= 0.6 is 0 Å². The van der Waals surface area contributed by atoms with E-state index in [2.05, 4.69) is 4.84 Å². The average Bonchev–Trinajstić information content (AvgIpc) is 3.66. The lowest BCUT2D eigenvalue weighted by Gasteiger charge is -2.20. The highest BCUT2D eigenvalue weighted by atomic mass is 19.1. The molecule has 0 bridgehead atoms. The van der Waals surface area contributed by atoms with Crippen molar-refractivity contribution >= 4 is 16.9 Å². The van der Waals surface area contributed by atoms with Crippen LogP contribution in [-0.4, -0.2) is 65.9 Å². The summed E-state index contributed by atoms with van der Waals surface area (Å²) in [7, 11) is 1.27. The van der Waals surface area contributed by atoms with E-state index in [4.69, 9.17) is 19.2 Å². The van der Waals surface area contributed by atoms with Gasteiger partial charge >= 0.3 is 5.97 Å². The maximum atomic E-state index is 13.8. The van der Waals surface area contributed by atoms with Gasteiger partial charge in [0.1, 0.15) is 11.9 Å². The Morgan fingerprint density at radius 3 is 2.63 bits per heavy atom. The Bertz CT molecular complexity index is 1540. The summed E-state index contributed by atoms with van der Waals surface area (Å²) in [6, 6.07) is 14.4. The molecule has 3 fully saturated rings. The molecule has 3 aromatic rings. The van der Waals surface area contributed by atoms with E-state index in [-0.39, 0.29) is 25.5 Å². The summed E-state index contributed by atoms with van der Waals surface area (Å²) in [6.45, 7) is 0.0852. The number of hydrogen-bond acceptors (Lipinski definition) is 9. The van der Waals surface area contributed by atoms with Crippen LogP contribution in [0.3, 0.4) is 0 Å². The number of carbonyl (C=O) groups is 1. The fourth-order valence-electron chi connectivity index (χ4n) is 6.29. The number of nitrogens with zero attached hydrogens (tertiary/aromatic N) is 2. The van der Waals surface area contributed by atoms with Crippen LogP contribution in [0.4, 0.5) is 4.39 Å². The molecule has 10 nitrogen and oxygen atoms in total. The van der Waals surface area contributed by atoms with E-state index < -0.39 is 41.4 Å². The fraction of sp³-hybridized carbons (Fsp3) is 0.438.